The van der Waals surface area contributed by atoms with Crippen molar-refractivity contribution >= 4 is 5.96 Å². The van der Waals surface area contributed by atoms with Crippen LogP contribution < -0.4 is 5.32 Å². The molecule has 0 amide bonds. The molecule has 0 aromatic heterocycles. The summed E-state index contributed by atoms with van der Waals surface area (Å²) in [6.45, 7) is 10.6. The van der Waals surface area contributed by atoms with Gasteiger partial charge >= 0.3 is 0 Å². The number of unbranched alkanes of at least 4 members (excludes halogenated alkanes) is 1. The Hall–Kier alpha value is -1.07. The smallest absolute Gasteiger partial charge is 0.193 e. The number of nitrogens with one attached hydrogen (secondary N) is 1. The number of hydrogen-bond acceptors (Lipinski definition) is 3. The van der Waals surface area contributed by atoms with Crippen LogP contribution in [-0.4, -0.2) is 63.5 Å². The maximum Gasteiger partial charge on any atom is 0.193 e. The molecular formula is C16H31N3O2. The van der Waals surface area contributed by atoms with Crippen molar-refractivity contribution in [3.63, 3.8) is 0 Å². The zero-order valence-corrected chi connectivity index (χ0v) is 13.6. The molecule has 5 nitrogen and oxygen atoms in total. The molecule has 0 bridgehead atoms. The van der Waals surface area contributed by atoms with Gasteiger partial charge in [0, 0.05) is 26.7 Å². The highest BCUT2D eigenvalue weighted by molar-refractivity contribution is 5.79. The summed E-state index contributed by atoms with van der Waals surface area (Å²) in [7, 11) is 2.07. The molecule has 1 aliphatic rings. The number of rotatable bonds is 10. The van der Waals surface area contributed by atoms with Crippen molar-refractivity contribution in [2.75, 3.05) is 46.5 Å². The normalized spacial score (nSPS) is 18.8. The maximum absolute atomic E-state index is 5.63. The van der Waals surface area contributed by atoms with Gasteiger partial charge in [-0.25, -0.2) is 0 Å². The van der Waals surface area contributed by atoms with E-state index < -0.39 is 0 Å². The lowest BCUT2D eigenvalue weighted by atomic mass is 10.2. The highest BCUT2D eigenvalue weighted by Crippen LogP contribution is 2.11. The SMILES string of the molecule is C=CCCCN(C)C(=NCCOCC1CCCO1)NCC. The van der Waals surface area contributed by atoms with Gasteiger partial charge in [-0.3, -0.25) is 4.99 Å². The zero-order valence-electron chi connectivity index (χ0n) is 13.6. The van der Waals surface area contributed by atoms with E-state index in [4.69, 9.17) is 9.47 Å². The molecule has 1 aliphatic heterocycles. The summed E-state index contributed by atoms with van der Waals surface area (Å²) in [5, 5.41) is 3.31. The van der Waals surface area contributed by atoms with Crippen molar-refractivity contribution in [3.05, 3.63) is 12.7 Å². The average molecular weight is 297 g/mol. The van der Waals surface area contributed by atoms with Crippen molar-refractivity contribution in [1.29, 1.82) is 0 Å². The van der Waals surface area contributed by atoms with E-state index in [2.05, 4.69) is 35.8 Å². The lowest BCUT2D eigenvalue weighted by molar-refractivity contribution is 0.0199. The Morgan fingerprint density at radius 3 is 3.10 bits per heavy atom. The Labute approximate surface area is 129 Å². The number of guanidine groups is 1. The molecule has 21 heavy (non-hydrogen) atoms. The van der Waals surface area contributed by atoms with E-state index in [0.29, 0.717) is 25.9 Å². The van der Waals surface area contributed by atoms with Crippen LogP contribution in [0.3, 0.4) is 0 Å². The fraction of sp³-hybridized carbons (Fsp3) is 0.812. The Morgan fingerprint density at radius 1 is 1.57 bits per heavy atom. The van der Waals surface area contributed by atoms with E-state index in [1.54, 1.807) is 0 Å². The monoisotopic (exact) mass is 297 g/mol. The first-order valence-electron chi connectivity index (χ1n) is 8.07. The van der Waals surface area contributed by atoms with E-state index in [1.165, 1.54) is 0 Å². The summed E-state index contributed by atoms with van der Waals surface area (Å²) in [4.78, 5) is 6.76. The van der Waals surface area contributed by atoms with Gasteiger partial charge < -0.3 is 19.7 Å². The predicted octanol–water partition coefficient (Wildman–Crippen LogP) is 2.05. The molecule has 1 N–H and O–H groups in total. The van der Waals surface area contributed by atoms with Gasteiger partial charge in [0.1, 0.15) is 0 Å². The van der Waals surface area contributed by atoms with Crippen LogP contribution in [0.15, 0.2) is 17.6 Å². The fourth-order valence-corrected chi connectivity index (χ4v) is 2.26. The molecule has 1 heterocycles. The first-order chi connectivity index (χ1) is 10.3. The van der Waals surface area contributed by atoms with Gasteiger partial charge in [-0.05, 0) is 32.6 Å². The second-order valence-electron chi connectivity index (χ2n) is 5.30. The predicted molar refractivity (Wildman–Crippen MR) is 87.8 cm³/mol. The molecule has 0 aliphatic carbocycles. The maximum atomic E-state index is 5.63. The van der Waals surface area contributed by atoms with Crippen LogP contribution >= 0.6 is 0 Å². The lowest BCUT2D eigenvalue weighted by Crippen LogP contribution is -2.39. The molecule has 1 atom stereocenters. The molecule has 0 aromatic carbocycles. The molecule has 1 unspecified atom stereocenters. The first-order valence-corrected chi connectivity index (χ1v) is 8.07. The molecule has 1 saturated heterocycles. The third-order valence-electron chi connectivity index (χ3n) is 3.42. The largest absolute Gasteiger partial charge is 0.377 e. The van der Waals surface area contributed by atoms with E-state index >= 15 is 0 Å². The van der Waals surface area contributed by atoms with E-state index in [-0.39, 0.29) is 0 Å². The lowest BCUT2D eigenvalue weighted by Gasteiger charge is -2.21. The van der Waals surface area contributed by atoms with Crippen molar-refractivity contribution in [2.45, 2.75) is 38.7 Å². The molecule has 1 fully saturated rings. The minimum atomic E-state index is 0.295. The van der Waals surface area contributed by atoms with Crippen molar-refractivity contribution in [3.8, 4) is 0 Å². The fourth-order valence-electron chi connectivity index (χ4n) is 2.26. The third-order valence-corrected chi connectivity index (χ3v) is 3.42. The minimum absolute atomic E-state index is 0.295. The van der Waals surface area contributed by atoms with Crippen molar-refractivity contribution < 1.29 is 9.47 Å². The molecule has 0 spiro atoms. The highest BCUT2D eigenvalue weighted by Gasteiger charge is 2.14. The Kier molecular flexibility index (Phi) is 9.91. The summed E-state index contributed by atoms with van der Waals surface area (Å²) in [6, 6.07) is 0. The molecule has 0 saturated carbocycles. The first kappa shape index (κ1) is 18.0. The highest BCUT2D eigenvalue weighted by atomic mass is 16.5. The molecule has 0 radical (unpaired) electrons. The van der Waals surface area contributed by atoms with E-state index in [1.807, 2.05) is 6.08 Å². The van der Waals surface area contributed by atoms with Crippen LogP contribution in [0.1, 0.15) is 32.6 Å². The zero-order chi connectivity index (χ0) is 15.3. The summed E-state index contributed by atoms with van der Waals surface area (Å²) < 4.78 is 11.2. The van der Waals surface area contributed by atoms with Gasteiger partial charge in [0.15, 0.2) is 5.96 Å². The van der Waals surface area contributed by atoms with Gasteiger partial charge in [-0.1, -0.05) is 6.08 Å². The molecule has 1 rings (SSSR count). The quantitative estimate of drug-likeness (QED) is 0.290. The summed E-state index contributed by atoms with van der Waals surface area (Å²) in [6.07, 6.45) is 6.67. The Bertz CT molecular complexity index is 302. The summed E-state index contributed by atoms with van der Waals surface area (Å²) in [5.41, 5.74) is 0. The van der Waals surface area contributed by atoms with Gasteiger partial charge in [0.25, 0.3) is 0 Å². The van der Waals surface area contributed by atoms with Crippen LogP contribution in [-0.2, 0) is 9.47 Å². The van der Waals surface area contributed by atoms with Crippen LogP contribution in [0.4, 0.5) is 0 Å². The number of ether oxygens (including phenoxy) is 2. The van der Waals surface area contributed by atoms with E-state index in [0.717, 1.165) is 51.3 Å². The topological polar surface area (TPSA) is 46.1 Å². The van der Waals surface area contributed by atoms with Crippen LogP contribution in [0, 0.1) is 0 Å². The van der Waals surface area contributed by atoms with Gasteiger partial charge in [0.05, 0.1) is 25.9 Å². The Morgan fingerprint density at radius 2 is 2.43 bits per heavy atom. The van der Waals surface area contributed by atoms with Crippen LogP contribution in [0.5, 0.6) is 0 Å². The summed E-state index contributed by atoms with van der Waals surface area (Å²) in [5.74, 6) is 0.947. The number of allylic oxidation sites excluding steroid dienone is 1. The molecule has 5 heteroatoms. The van der Waals surface area contributed by atoms with E-state index in [9.17, 15) is 0 Å². The van der Waals surface area contributed by atoms with Gasteiger partial charge in [0.2, 0.25) is 0 Å². The average Bonchev–Trinajstić information content (AvgIpc) is 2.99. The molecule has 0 aromatic rings. The third kappa shape index (κ3) is 8.07. The molecular weight excluding hydrogens is 266 g/mol. The van der Waals surface area contributed by atoms with Crippen molar-refractivity contribution in [2.24, 2.45) is 4.99 Å². The van der Waals surface area contributed by atoms with Gasteiger partial charge in [-0.15, -0.1) is 6.58 Å². The number of hydrogen-bond donors (Lipinski definition) is 1. The minimum Gasteiger partial charge on any atom is -0.377 e. The standard InChI is InChI=1S/C16H31N3O2/c1-4-6-7-11-19(3)16(17-5-2)18-10-13-20-14-15-9-8-12-21-15/h4,15H,1,5-14H2,2-3H3,(H,17,18). The van der Waals surface area contributed by atoms with Gasteiger partial charge in [-0.2, -0.15) is 0 Å². The van der Waals surface area contributed by atoms with Crippen LogP contribution in [0.25, 0.3) is 0 Å². The second kappa shape index (κ2) is 11.6. The molecule has 122 valence electrons. The van der Waals surface area contributed by atoms with Crippen LogP contribution in [0.2, 0.25) is 0 Å². The second-order valence-corrected chi connectivity index (χ2v) is 5.30. The summed E-state index contributed by atoms with van der Waals surface area (Å²) >= 11 is 0. The van der Waals surface area contributed by atoms with Crippen molar-refractivity contribution in [1.82, 2.24) is 10.2 Å². The Balaban J connectivity index is 2.20. The number of nitrogens with zero attached hydrogens (tertiary/aromatic N) is 2. The number of aliphatic imine (C=N–C) groups is 1.